The fraction of sp³-hybridized carbons (Fsp3) is 0.182. The van der Waals surface area contributed by atoms with Gasteiger partial charge in [-0.25, -0.2) is 4.39 Å². The molecule has 2 aromatic carbocycles. The average molecular weight is 395 g/mol. The molecule has 0 saturated heterocycles. The Morgan fingerprint density at radius 1 is 1.29 bits per heavy atom. The highest BCUT2D eigenvalue weighted by Crippen LogP contribution is 2.40. The molecule has 1 N–H and O–H groups in total. The summed E-state index contributed by atoms with van der Waals surface area (Å²) in [7, 11) is 1.52. The Morgan fingerprint density at radius 3 is 2.82 bits per heavy atom. The van der Waals surface area contributed by atoms with Gasteiger partial charge in [-0.2, -0.15) is 5.26 Å². The van der Waals surface area contributed by atoms with E-state index in [2.05, 4.69) is 11.1 Å². The van der Waals surface area contributed by atoms with Gasteiger partial charge in [0, 0.05) is 16.8 Å². The number of carbonyl (C=O) groups is 1. The molecule has 0 amide bonds. The number of carbonyl (C=O) groups excluding carboxylic acids is 1. The van der Waals surface area contributed by atoms with Gasteiger partial charge in [0.15, 0.2) is 5.78 Å². The van der Waals surface area contributed by atoms with Crippen LogP contribution in [0.1, 0.15) is 39.5 Å². The maximum atomic E-state index is 14.3. The number of nitrogens with one attached hydrogen (secondary N) is 1. The maximum absolute atomic E-state index is 14.3. The van der Waals surface area contributed by atoms with Crippen LogP contribution < -0.4 is 4.74 Å². The first-order valence-corrected chi connectivity index (χ1v) is 9.19. The van der Waals surface area contributed by atoms with Crippen molar-refractivity contribution in [3.05, 3.63) is 75.7 Å². The first kappa shape index (κ1) is 18.3. The molecule has 28 heavy (non-hydrogen) atoms. The van der Waals surface area contributed by atoms with Crippen molar-refractivity contribution in [2.75, 3.05) is 7.11 Å². The van der Waals surface area contributed by atoms with Crippen LogP contribution in [0.25, 0.3) is 11.3 Å². The van der Waals surface area contributed by atoms with Gasteiger partial charge in [-0.1, -0.05) is 23.7 Å². The summed E-state index contributed by atoms with van der Waals surface area (Å²) in [6.07, 6.45) is 1.24. The van der Waals surface area contributed by atoms with Crippen molar-refractivity contribution in [3.8, 4) is 23.1 Å². The van der Waals surface area contributed by atoms with Crippen molar-refractivity contribution in [3.63, 3.8) is 0 Å². The van der Waals surface area contributed by atoms with Crippen LogP contribution in [0.3, 0.4) is 0 Å². The first-order valence-electron chi connectivity index (χ1n) is 8.82. The number of halogens is 2. The molecular weight excluding hydrogens is 379 g/mol. The molecule has 0 radical (unpaired) electrons. The zero-order valence-corrected chi connectivity index (χ0v) is 15.8. The van der Waals surface area contributed by atoms with Crippen molar-refractivity contribution in [2.45, 2.75) is 18.8 Å². The Hall–Kier alpha value is -3.10. The van der Waals surface area contributed by atoms with Gasteiger partial charge in [-0.15, -0.1) is 0 Å². The molecule has 140 valence electrons. The van der Waals surface area contributed by atoms with E-state index in [4.69, 9.17) is 21.6 Å². The number of Topliss-reactive ketones (excluding diaryl/α,β-unsaturated/α-hetero) is 1. The SMILES string of the molecule is COc1cc(C#N)ccc1C1CCc2[nH]c(-c3c(F)cccc3Cl)cc2C1=O. The molecule has 4 nitrogen and oxygen atoms in total. The zero-order valence-electron chi connectivity index (χ0n) is 15.1. The number of nitriles is 1. The normalized spacial score (nSPS) is 15.8. The Morgan fingerprint density at radius 2 is 2.11 bits per heavy atom. The summed E-state index contributed by atoms with van der Waals surface area (Å²) in [5.74, 6) is -0.355. The highest BCUT2D eigenvalue weighted by Gasteiger charge is 2.32. The number of benzene rings is 2. The molecule has 1 heterocycles. The van der Waals surface area contributed by atoms with Crippen LogP contribution in [-0.4, -0.2) is 17.9 Å². The van der Waals surface area contributed by atoms with Crippen molar-refractivity contribution in [1.29, 1.82) is 5.26 Å². The Labute approximate surface area is 166 Å². The summed E-state index contributed by atoms with van der Waals surface area (Å²) in [6.45, 7) is 0. The van der Waals surface area contributed by atoms with Crippen LogP contribution in [0.15, 0.2) is 42.5 Å². The fourth-order valence-electron chi connectivity index (χ4n) is 3.78. The van der Waals surface area contributed by atoms with E-state index in [0.717, 1.165) is 11.3 Å². The van der Waals surface area contributed by atoms with Gasteiger partial charge in [0.2, 0.25) is 0 Å². The molecule has 6 heteroatoms. The van der Waals surface area contributed by atoms with Crippen molar-refractivity contribution in [1.82, 2.24) is 4.98 Å². The van der Waals surface area contributed by atoms with Crippen LogP contribution in [0.2, 0.25) is 5.02 Å². The molecule has 0 fully saturated rings. The average Bonchev–Trinajstić information content (AvgIpc) is 3.12. The number of methoxy groups -OCH3 is 1. The second-order valence-corrected chi connectivity index (χ2v) is 7.10. The topological polar surface area (TPSA) is 65.9 Å². The quantitative estimate of drug-likeness (QED) is 0.658. The number of aromatic amines is 1. The second-order valence-electron chi connectivity index (χ2n) is 6.70. The molecule has 1 aliphatic rings. The number of rotatable bonds is 3. The zero-order chi connectivity index (χ0) is 19.8. The van der Waals surface area contributed by atoms with Gasteiger partial charge in [-0.05, 0) is 43.2 Å². The Bertz CT molecular complexity index is 1110. The van der Waals surface area contributed by atoms with E-state index in [1.54, 1.807) is 36.4 Å². The molecular formula is C22H16ClFN2O2. The van der Waals surface area contributed by atoms with Gasteiger partial charge in [0.1, 0.15) is 11.6 Å². The lowest BCUT2D eigenvalue weighted by molar-refractivity contribution is 0.0944. The number of aryl methyl sites for hydroxylation is 1. The summed E-state index contributed by atoms with van der Waals surface area (Å²) in [6, 6.07) is 13.3. The lowest BCUT2D eigenvalue weighted by Gasteiger charge is -2.23. The molecule has 0 bridgehead atoms. The Kier molecular flexibility index (Phi) is 4.66. The minimum atomic E-state index is -0.441. The van der Waals surface area contributed by atoms with Crippen molar-refractivity contribution >= 4 is 17.4 Å². The third-order valence-corrected chi connectivity index (χ3v) is 5.45. The largest absolute Gasteiger partial charge is 0.496 e. The second kappa shape index (κ2) is 7.14. The molecule has 3 aromatic rings. The molecule has 4 rings (SSSR count). The number of fused-ring (bicyclic) bond motifs is 1. The van der Waals surface area contributed by atoms with Gasteiger partial charge in [0.05, 0.1) is 40.9 Å². The minimum absolute atomic E-state index is 0.0563. The molecule has 1 atom stereocenters. The predicted molar refractivity (Wildman–Crippen MR) is 104 cm³/mol. The number of aromatic nitrogens is 1. The summed E-state index contributed by atoms with van der Waals surface area (Å²) in [4.78, 5) is 16.3. The van der Waals surface area contributed by atoms with Crippen LogP contribution in [0.4, 0.5) is 4.39 Å². The lowest BCUT2D eigenvalue weighted by Crippen LogP contribution is -2.20. The van der Waals surface area contributed by atoms with E-state index < -0.39 is 5.82 Å². The Balaban J connectivity index is 1.74. The molecule has 1 aliphatic carbocycles. The minimum Gasteiger partial charge on any atom is -0.496 e. The monoisotopic (exact) mass is 394 g/mol. The number of H-pyrrole nitrogens is 1. The van der Waals surface area contributed by atoms with Crippen LogP contribution in [0, 0.1) is 17.1 Å². The summed E-state index contributed by atoms with van der Waals surface area (Å²) < 4.78 is 19.7. The van der Waals surface area contributed by atoms with Crippen molar-refractivity contribution in [2.24, 2.45) is 0 Å². The number of nitrogens with zero attached hydrogens (tertiary/aromatic N) is 1. The van der Waals surface area contributed by atoms with E-state index in [1.165, 1.54) is 13.2 Å². The molecule has 0 spiro atoms. The third-order valence-electron chi connectivity index (χ3n) is 5.13. The van der Waals surface area contributed by atoms with Gasteiger partial charge in [0.25, 0.3) is 0 Å². The van der Waals surface area contributed by atoms with E-state index >= 15 is 0 Å². The smallest absolute Gasteiger partial charge is 0.172 e. The predicted octanol–water partition coefficient (Wildman–Crippen LogP) is 5.27. The number of ether oxygens (including phenoxy) is 1. The van der Waals surface area contributed by atoms with Crippen LogP contribution in [-0.2, 0) is 6.42 Å². The van der Waals surface area contributed by atoms with E-state index in [9.17, 15) is 9.18 Å². The van der Waals surface area contributed by atoms with E-state index in [-0.39, 0.29) is 22.3 Å². The number of ketones is 1. The van der Waals surface area contributed by atoms with Gasteiger partial charge < -0.3 is 9.72 Å². The van der Waals surface area contributed by atoms with Gasteiger partial charge >= 0.3 is 0 Å². The summed E-state index contributed by atoms with van der Waals surface area (Å²) in [5, 5.41) is 9.37. The van der Waals surface area contributed by atoms with E-state index in [1.807, 2.05) is 0 Å². The highest BCUT2D eigenvalue weighted by atomic mass is 35.5. The summed E-state index contributed by atoms with van der Waals surface area (Å²) >= 11 is 6.17. The molecule has 0 aliphatic heterocycles. The molecule has 1 aromatic heterocycles. The highest BCUT2D eigenvalue weighted by molar-refractivity contribution is 6.33. The maximum Gasteiger partial charge on any atom is 0.172 e. The lowest BCUT2D eigenvalue weighted by atomic mass is 9.81. The van der Waals surface area contributed by atoms with Crippen molar-refractivity contribution < 1.29 is 13.9 Å². The van der Waals surface area contributed by atoms with Crippen LogP contribution >= 0.6 is 11.6 Å². The standard InChI is InChI=1S/C22H16ClFN2O2/c1-28-20-9-12(11-25)5-6-13(20)14-7-8-18-15(22(14)27)10-19(26-18)21-16(23)3-2-4-17(21)24/h2-6,9-10,14,26H,7-8H2,1H3. The summed E-state index contributed by atoms with van der Waals surface area (Å²) in [5.41, 5.74) is 3.31. The fourth-order valence-corrected chi connectivity index (χ4v) is 4.04. The van der Waals surface area contributed by atoms with Gasteiger partial charge in [-0.3, -0.25) is 4.79 Å². The number of hydrogen-bond donors (Lipinski definition) is 1. The first-order chi connectivity index (χ1) is 13.5. The number of hydrogen-bond acceptors (Lipinski definition) is 3. The van der Waals surface area contributed by atoms with E-state index in [0.29, 0.717) is 35.4 Å². The van der Waals surface area contributed by atoms with Crippen LogP contribution in [0.5, 0.6) is 5.75 Å². The molecule has 1 unspecified atom stereocenters. The molecule has 0 saturated carbocycles. The third kappa shape index (κ3) is 2.96.